The van der Waals surface area contributed by atoms with E-state index in [1.807, 2.05) is 6.08 Å². The van der Waals surface area contributed by atoms with Crippen LogP contribution in [0.3, 0.4) is 0 Å². The summed E-state index contributed by atoms with van der Waals surface area (Å²) in [5.41, 5.74) is 1.05. The smallest absolute Gasteiger partial charge is 0.246 e. The summed E-state index contributed by atoms with van der Waals surface area (Å²) < 4.78 is 12.6. The fourth-order valence-corrected chi connectivity index (χ4v) is 1.59. The topological polar surface area (TPSA) is 20.3 Å². The number of benzene rings is 1. The Kier molecular flexibility index (Phi) is 2.81. The molecule has 15 heavy (non-hydrogen) atoms. The van der Waals surface area contributed by atoms with Crippen LogP contribution in [0.4, 0.5) is 4.39 Å². The van der Waals surface area contributed by atoms with E-state index < -0.39 is 0 Å². The lowest BCUT2D eigenvalue weighted by atomic mass is 10.1. The lowest BCUT2D eigenvalue weighted by molar-refractivity contribution is -0.124. The first-order valence-corrected chi connectivity index (χ1v) is 4.95. The molecule has 0 spiro atoms. The molecule has 0 radical (unpaired) electrons. The highest BCUT2D eigenvalue weighted by atomic mass is 19.1. The van der Waals surface area contributed by atoms with E-state index in [9.17, 15) is 9.18 Å². The number of hydrogen-bond acceptors (Lipinski definition) is 1. The van der Waals surface area contributed by atoms with E-state index in [-0.39, 0.29) is 11.7 Å². The monoisotopic (exact) mass is 205 g/mol. The third kappa shape index (κ3) is 2.43. The third-order valence-corrected chi connectivity index (χ3v) is 2.48. The van der Waals surface area contributed by atoms with Gasteiger partial charge in [0.1, 0.15) is 5.82 Å². The molecule has 2 nitrogen and oxygen atoms in total. The lowest BCUT2D eigenvalue weighted by Gasteiger charge is -2.14. The normalized spacial score (nSPS) is 15.0. The molecule has 0 fully saturated rings. The minimum Gasteiger partial charge on any atom is -0.335 e. The zero-order chi connectivity index (χ0) is 10.7. The number of amides is 1. The maximum atomic E-state index is 12.6. The van der Waals surface area contributed by atoms with Gasteiger partial charge in [0.2, 0.25) is 5.91 Å². The van der Waals surface area contributed by atoms with Crippen molar-refractivity contribution in [2.24, 2.45) is 0 Å². The third-order valence-electron chi connectivity index (χ3n) is 2.48. The van der Waals surface area contributed by atoms with Crippen LogP contribution in [-0.4, -0.2) is 23.9 Å². The summed E-state index contributed by atoms with van der Waals surface area (Å²) in [5.74, 6) is -0.158. The average molecular weight is 205 g/mol. The van der Waals surface area contributed by atoms with Crippen LogP contribution in [0.25, 0.3) is 0 Å². The number of hydrogen-bond donors (Lipinski definition) is 0. The van der Waals surface area contributed by atoms with Gasteiger partial charge in [0.15, 0.2) is 0 Å². The molecule has 1 aromatic rings. The Morgan fingerprint density at radius 2 is 2.00 bits per heavy atom. The zero-order valence-corrected chi connectivity index (χ0v) is 8.32. The van der Waals surface area contributed by atoms with Gasteiger partial charge in [-0.25, -0.2) is 4.39 Å². The molecule has 0 N–H and O–H groups in total. The van der Waals surface area contributed by atoms with Gasteiger partial charge in [0, 0.05) is 19.2 Å². The Hall–Kier alpha value is -1.64. The molecular formula is C12H12FNO. The molecule has 1 aliphatic heterocycles. The second-order valence-corrected chi connectivity index (χ2v) is 3.56. The molecular weight excluding hydrogens is 193 g/mol. The Morgan fingerprint density at radius 1 is 1.27 bits per heavy atom. The van der Waals surface area contributed by atoms with E-state index in [1.54, 1.807) is 23.1 Å². The number of halogens is 1. The van der Waals surface area contributed by atoms with Gasteiger partial charge in [-0.15, -0.1) is 0 Å². The summed E-state index contributed by atoms with van der Waals surface area (Å²) in [7, 11) is 0. The molecule has 1 heterocycles. The van der Waals surface area contributed by atoms with Crippen LogP contribution in [-0.2, 0) is 11.2 Å². The van der Waals surface area contributed by atoms with Crippen LogP contribution < -0.4 is 0 Å². The lowest BCUT2D eigenvalue weighted by Crippen LogP contribution is -2.27. The van der Waals surface area contributed by atoms with Gasteiger partial charge in [0.05, 0.1) is 0 Å². The molecule has 78 valence electrons. The van der Waals surface area contributed by atoms with Gasteiger partial charge in [-0.1, -0.05) is 18.2 Å². The van der Waals surface area contributed by atoms with Crippen LogP contribution in [0.2, 0.25) is 0 Å². The largest absolute Gasteiger partial charge is 0.335 e. The van der Waals surface area contributed by atoms with Crippen LogP contribution in [0.15, 0.2) is 36.4 Å². The summed E-state index contributed by atoms with van der Waals surface area (Å²) in [6.45, 7) is 1.39. The summed E-state index contributed by atoms with van der Waals surface area (Å²) in [4.78, 5) is 13.0. The predicted molar refractivity (Wildman–Crippen MR) is 55.8 cm³/mol. The molecule has 3 heteroatoms. The quantitative estimate of drug-likeness (QED) is 0.736. The van der Waals surface area contributed by atoms with Crippen molar-refractivity contribution in [1.29, 1.82) is 0 Å². The number of carbonyl (C=O) groups is 1. The van der Waals surface area contributed by atoms with Crippen LogP contribution in [0.5, 0.6) is 0 Å². The van der Waals surface area contributed by atoms with Gasteiger partial charge >= 0.3 is 0 Å². The molecule has 0 saturated carbocycles. The summed E-state index contributed by atoms with van der Waals surface area (Å²) in [5, 5.41) is 0. The van der Waals surface area contributed by atoms with Gasteiger partial charge in [-0.2, -0.15) is 0 Å². The highest BCUT2D eigenvalue weighted by molar-refractivity contribution is 5.89. The Labute approximate surface area is 88.0 Å². The highest BCUT2D eigenvalue weighted by Gasteiger charge is 2.13. The van der Waals surface area contributed by atoms with Crippen LogP contribution >= 0.6 is 0 Å². The second-order valence-electron chi connectivity index (χ2n) is 3.56. The van der Waals surface area contributed by atoms with Crippen molar-refractivity contribution in [3.05, 3.63) is 47.8 Å². The summed E-state index contributed by atoms with van der Waals surface area (Å²) in [6, 6.07) is 6.39. The SMILES string of the molecule is O=C1C=CCN1CCc1ccc(F)cc1. The molecule has 0 aromatic heterocycles. The van der Waals surface area contributed by atoms with Gasteiger partial charge < -0.3 is 4.90 Å². The van der Waals surface area contributed by atoms with Crippen molar-refractivity contribution in [1.82, 2.24) is 4.90 Å². The van der Waals surface area contributed by atoms with E-state index in [2.05, 4.69) is 0 Å². The fraction of sp³-hybridized carbons (Fsp3) is 0.250. The van der Waals surface area contributed by atoms with Crippen molar-refractivity contribution in [2.75, 3.05) is 13.1 Å². The molecule has 0 saturated heterocycles. The Balaban J connectivity index is 1.88. The zero-order valence-electron chi connectivity index (χ0n) is 8.32. The molecule has 0 atom stereocenters. The number of carbonyl (C=O) groups excluding carboxylic acids is 1. The molecule has 1 aromatic carbocycles. The highest BCUT2D eigenvalue weighted by Crippen LogP contribution is 2.07. The molecule has 2 rings (SSSR count). The van der Waals surface area contributed by atoms with E-state index in [0.29, 0.717) is 13.1 Å². The Morgan fingerprint density at radius 3 is 2.60 bits per heavy atom. The second kappa shape index (κ2) is 4.26. The maximum absolute atomic E-state index is 12.6. The molecule has 0 bridgehead atoms. The van der Waals surface area contributed by atoms with Crippen molar-refractivity contribution in [3.8, 4) is 0 Å². The van der Waals surface area contributed by atoms with Crippen LogP contribution in [0, 0.1) is 5.82 Å². The molecule has 0 unspecified atom stereocenters. The first-order chi connectivity index (χ1) is 7.25. The van der Waals surface area contributed by atoms with Gasteiger partial charge in [0.25, 0.3) is 0 Å². The molecule has 1 amide bonds. The van der Waals surface area contributed by atoms with E-state index in [1.165, 1.54) is 12.1 Å². The van der Waals surface area contributed by atoms with Crippen molar-refractivity contribution < 1.29 is 9.18 Å². The summed E-state index contributed by atoms with van der Waals surface area (Å²) >= 11 is 0. The molecule has 0 aliphatic carbocycles. The number of nitrogens with zero attached hydrogens (tertiary/aromatic N) is 1. The first kappa shape index (κ1) is 9.90. The molecule has 1 aliphatic rings. The fourth-order valence-electron chi connectivity index (χ4n) is 1.59. The van der Waals surface area contributed by atoms with Crippen molar-refractivity contribution >= 4 is 5.91 Å². The minimum absolute atomic E-state index is 0.0668. The average Bonchev–Trinajstić information content (AvgIpc) is 2.63. The van der Waals surface area contributed by atoms with Crippen molar-refractivity contribution in [2.45, 2.75) is 6.42 Å². The minimum atomic E-state index is -0.224. The van der Waals surface area contributed by atoms with E-state index in [4.69, 9.17) is 0 Å². The predicted octanol–water partition coefficient (Wildman–Crippen LogP) is 1.77. The van der Waals surface area contributed by atoms with Crippen LogP contribution in [0.1, 0.15) is 5.56 Å². The van der Waals surface area contributed by atoms with Gasteiger partial charge in [-0.05, 0) is 24.1 Å². The van der Waals surface area contributed by atoms with Gasteiger partial charge in [-0.3, -0.25) is 4.79 Å². The number of rotatable bonds is 3. The Bertz CT molecular complexity index is 383. The summed E-state index contributed by atoms with van der Waals surface area (Å²) in [6.07, 6.45) is 4.21. The first-order valence-electron chi connectivity index (χ1n) is 4.95. The van der Waals surface area contributed by atoms with E-state index >= 15 is 0 Å². The standard InChI is InChI=1S/C12H12FNO/c13-11-5-3-10(4-6-11)7-9-14-8-1-2-12(14)15/h1-6H,7-9H2. The van der Waals surface area contributed by atoms with E-state index in [0.717, 1.165) is 12.0 Å². The van der Waals surface area contributed by atoms with Crippen molar-refractivity contribution in [3.63, 3.8) is 0 Å². The maximum Gasteiger partial charge on any atom is 0.246 e.